The molecule has 0 aromatic carbocycles. The topological polar surface area (TPSA) is 52.3 Å². The first kappa shape index (κ1) is 6.80. The van der Waals surface area contributed by atoms with Crippen LogP contribution in [0.15, 0.2) is 10.8 Å². The molecular weight excluding hydrogens is 134 g/mol. The lowest BCUT2D eigenvalue weighted by Gasteiger charge is -1.92. The van der Waals surface area contributed by atoms with Crippen molar-refractivity contribution in [2.45, 2.75) is 13.8 Å². The molecule has 1 aromatic heterocycles. The van der Waals surface area contributed by atoms with Crippen molar-refractivity contribution < 1.29 is 14.1 Å². The molecule has 0 bridgehead atoms. The molecule has 0 unspecified atom stereocenters. The second-order valence-corrected chi connectivity index (χ2v) is 1.90. The van der Waals surface area contributed by atoms with Gasteiger partial charge in [-0.05, 0) is 12.1 Å². The molecule has 54 valence electrons. The van der Waals surface area contributed by atoms with Crippen molar-refractivity contribution in [1.82, 2.24) is 5.16 Å². The highest BCUT2D eigenvalue weighted by atomic mass is 16.6. The van der Waals surface area contributed by atoms with Gasteiger partial charge in [-0.3, -0.25) is 4.79 Å². The largest absolute Gasteiger partial charge is 0.404 e. The van der Waals surface area contributed by atoms with Gasteiger partial charge in [-0.2, -0.15) is 0 Å². The van der Waals surface area contributed by atoms with Gasteiger partial charge in [-0.15, -0.1) is 0 Å². The van der Waals surface area contributed by atoms with Crippen LogP contribution < -0.4 is 4.74 Å². The molecule has 0 saturated heterocycles. The molecule has 0 radical (unpaired) electrons. The van der Waals surface area contributed by atoms with Gasteiger partial charge >= 0.3 is 5.97 Å². The highest BCUT2D eigenvalue weighted by Crippen LogP contribution is 2.12. The maximum absolute atomic E-state index is 10.4. The van der Waals surface area contributed by atoms with Crippen molar-refractivity contribution in [2.75, 3.05) is 0 Å². The summed E-state index contributed by atoms with van der Waals surface area (Å²) in [6.45, 7) is 3.06. The predicted octanol–water partition coefficient (Wildman–Crippen LogP) is 0.908. The van der Waals surface area contributed by atoms with Gasteiger partial charge in [0, 0.05) is 6.92 Å². The number of esters is 1. The van der Waals surface area contributed by atoms with Crippen molar-refractivity contribution in [1.29, 1.82) is 0 Å². The second kappa shape index (κ2) is 2.51. The number of rotatable bonds is 1. The van der Waals surface area contributed by atoms with Gasteiger partial charge in [0.1, 0.15) is 6.26 Å². The first-order chi connectivity index (χ1) is 4.70. The van der Waals surface area contributed by atoms with Crippen LogP contribution in [0.2, 0.25) is 0 Å². The van der Waals surface area contributed by atoms with E-state index < -0.39 is 5.97 Å². The van der Waals surface area contributed by atoms with Gasteiger partial charge in [0.2, 0.25) is 0 Å². The minimum absolute atomic E-state index is 0.243. The van der Waals surface area contributed by atoms with E-state index in [-0.39, 0.29) is 5.88 Å². The van der Waals surface area contributed by atoms with E-state index in [0.29, 0.717) is 0 Å². The van der Waals surface area contributed by atoms with Crippen LogP contribution in [0.1, 0.15) is 12.5 Å². The Hall–Kier alpha value is -1.32. The SMILES string of the molecule is CC(=O)Oc1nocc1C. The van der Waals surface area contributed by atoms with E-state index in [0.717, 1.165) is 5.56 Å². The van der Waals surface area contributed by atoms with Crippen molar-refractivity contribution >= 4 is 5.97 Å². The molecule has 0 aliphatic heterocycles. The number of aromatic nitrogens is 1. The molecule has 0 N–H and O–H groups in total. The van der Waals surface area contributed by atoms with E-state index in [9.17, 15) is 4.79 Å². The standard InChI is InChI=1S/C6H7NO3/c1-4-3-9-7-6(4)10-5(2)8/h3H,1-2H3. The Kier molecular flexibility index (Phi) is 1.71. The lowest BCUT2D eigenvalue weighted by Crippen LogP contribution is -2.02. The molecule has 10 heavy (non-hydrogen) atoms. The lowest BCUT2D eigenvalue weighted by atomic mass is 10.4. The van der Waals surface area contributed by atoms with Crippen LogP contribution in [0.25, 0.3) is 0 Å². The van der Waals surface area contributed by atoms with Crippen LogP contribution in [-0.4, -0.2) is 11.1 Å². The van der Waals surface area contributed by atoms with Gasteiger partial charge in [0.25, 0.3) is 5.88 Å². The van der Waals surface area contributed by atoms with E-state index in [2.05, 4.69) is 14.4 Å². The maximum Gasteiger partial charge on any atom is 0.309 e. The summed E-state index contributed by atoms with van der Waals surface area (Å²) < 4.78 is 9.16. The fraction of sp³-hybridized carbons (Fsp3) is 0.333. The van der Waals surface area contributed by atoms with Crippen LogP contribution in [0, 0.1) is 6.92 Å². The van der Waals surface area contributed by atoms with Crippen molar-refractivity contribution in [3.63, 3.8) is 0 Å². The summed E-state index contributed by atoms with van der Waals surface area (Å²) in [5.41, 5.74) is 0.718. The quantitative estimate of drug-likeness (QED) is 0.545. The fourth-order valence-electron chi connectivity index (χ4n) is 0.511. The van der Waals surface area contributed by atoms with Crippen molar-refractivity contribution in [2.24, 2.45) is 0 Å². The maximum atomic E-state index is 10.4. The van der Waals surface area contributed by atoms with E-state index in [4.69, 9.17) is 0 Å². The second-order valence-electron chi connectivity index (χ2n) is 1.90. The van der Waals surface area contributed by atoms with E-state index in [1.807, 2.05) is 0 Å². The molecular formula is C6H7NO3. The normalized spacial score (nSPS) is 9.40. The number of aryl methyl sites for hydroxylation is 1. The molecule has 0 atom stereocenters. The molecule has 1 aromatic rings. The molecule has 0 fully saturated rings. The summed E-state index contributed by atoms with van der Waals surface area (Å²) in [7, 11) is 0. The summed E-state index contributed by atoms with van der Waals surface area (Å²) in [5.74, 6) is -0.149. The third kappa shape index (κ3) is 1.34. The number of hydrogen-bond acceptors (Lipinski definition) is 4. The third-order valence-electron chi connectivity index (χ3n) is 0.943. The van der Waals surface area contributed by atoms with Crippen LogP contribution in [0.5, 0.6) is 5.88 Å². The monoisotopic (exact) mass is 141 g/mol. The summed E-state index contributed by atoms with van der Waals surface area (Å²) >= 11 is 0. The zero-order valence-electron chi connectivity index (χ0n) is 5.75. The molecule has 1 heterocycles. The van der Waals surface area contributed by atoms with Crippen molar-refractivity contribution in [3.05, 3.63) is 11.8 Å². The molecule has 0 spiro atoms. The first-order valence-corrected chi connectivity index (χ1v) is 2.79. The summed E-state index contributed by atoms with van der Waals surface area (Å²) in [6, 6.07) is 0. The zero-order chi connectivity index (χ0) is 7.56. The summed E-state index contributed by atoms with van der Waals surface area (Å²) in [4.78, 5) is 10.4. The van der Waals surface area contributed by atoms with Gasteiger partial charge in [-0.1, -0.05) is 0 Å². The average Bonchev–Trinajstić information content (AvgIpc) is 2.15. The Balaban J connectivity index is 2.74. The Bertz CT molecular complexity index is 241. The molecule has 4 nitrogen and oxygen atoms in total. The summed E-state index contributed by atoms with van der Waals surface area (Å²) in [5, 5.41) is 3.44. The third-order valence-corrected chi connectivity index (χ3v) is 0.943. The Morgan fingerprint density at radius 3 is 2.90 bits per heavy atom. The molecule has 0 aliphatic rings. The van der Waals surface area contributed by atoms with Gasteiger partial charge < -0.3 is 9.26 Å². The Labute approximate surface area is 57.8 Å². The van der Waals surface area contributed by atoms with Crippen LogP contribution in [0.3, 0.4) is 0 Å². The van der Waals surface area contributed by atoms with E-state index >= 15 is 0 Å². The van der Waals surface area contributed by atoms with E-state index in [1.165, 1.54) is 13.2 Å². The van der Waals surface area contributed by atoms with Crippen LogP contribution >= 0.6 is 0 Å². The minimum atomic E-state index is -0.392. The zero-order valence-corrected chi connectivity index (χ0v) is 5.75. The van der Waals surface area contributed by atoms with E-state index in [1.54, 1.807) is 6.92 Å². The first-order valence-electron chi connectivity index (χ1n) is 2.79. The smallest absolute Gasteiger partial charge is 0.309 e. The van der Waals surface area contributed by atoms with Crippen LogP contribution in [0.4, 0.5) is 0 Å². The lowest BCUT2D eigenvalue weighted by molar-refractivity contribution is -0.132. The van der Waals surface area contributed by atoms with Crippen LogP contribution in [-0.2, 0) is 4.79 Å². The average molecular weight is 141 g/mol. The molecule has 1 rings (SSSR count). The Morgan fingerprint density at radius 1 is 1.80 bits per heavy atom. The number of hydrogen-bond donors (Lipinski definition) is 0. The fourth-order valence-corrected chi connectivity index (χ4v) is 0.511. The van der Waals surface area contributed by atoms with Gasteiger partial charge in [0.05, 0.1) is 5.56 Å². The molecule has 0 amide bonds. The highest BCUT2D eigenvalue weighted by molar-refractivity contribution is 5.68. The number of carbonyl (C=O) groups excluding carboxylic acids is 1. The number of ether oxygens (including phenoxy) is 1. The van der Waals surface area contributed by atoms with Gasteiger partial charge in [0.15, 0.2) is 0 Å². The molecule has 4 heteroatoms. The summed E-state index contributed by atoms with van der Waals surface area (Å²) in [6.07, 6.45) is 1.41. The molecule has 0 aliphatic carbocycles. The van der Waals surface area contributed by atoms with Gasteiger partial charge in [-0.25, -0.2) is 0 Å². The Morgan fingerprint density at radius 2 is 2.50 bits per heavy atom. The van der Waals surface area contributed by atoms with Crippen molar-refractivity contribution in [3.8, 4) is 5.88 Å². The molecule has 0 saturated carbocycles. The minimum Gasteiger partial charge on any atom is -0.404 e. The number of carbonyl (C=O) groups is 1. The highest BCUT2D eigenvalue weighted by Gasteiger charge is 2.05. The number of nitrogens with zero attached hydrogens (tertiary/aromatic N) is 1. The predicted molar refractivity (Wildman–Crippen MR) is 32.5 cm³/mol.